The van der Waals surface area contributed by atoms with E-state index in [-0.39, 0.29) is 5.60 Å². The summed E-state index contributed by atoms with van der Waals surface area (Å²) in [5, 5.41) is 9.16. The van der Waals surface area contributed by atoms with Gasteiger partial charge in [0.1, 0.15) is 0 Å². The maximum Gasteiger partial charge on any atom is 0.312 e. The van der Waals surface area contributed by atoms with E-state index in [1.807, 2.05) is 27.7 Å². The van der Waals surface area contributed by atoms with Crippen LogP contribution in [0.15, 0.2) is 0 Å². The first-order valence-electron chi connectivity index (χ1n) is 4.54. The van der Waals surface area contributed by atoms with Crippen molar-refractivity contribution in [3.63, 3.8) is 0 Å². The standard InChI is InChI=1S/C10H18O3/c1-8(2)6-10(5,7(11)12)9(3,4)13-8/h6H2,1-5H3,(H,11,12)/t10-/m1/s1. The summed E-state index contributed by atoms with van der Waals surface area (Å²) in [4.78, 5) is 11.1. The van der Waals surface area contributed by atoms with Crippen LogP contribution < -0.4 is 0 Å². The van der Waals surface area contributed by atoms with E-state index >= 15 is 0 Å². The van der Waals surface area contributed by atoms with Crippen LogP contribution in [0.2, 0.25) is 0 Å². The monoisotopic (exact) mass is 186 g/mol. The van der Waals surface area contributed by atoms with Crippen LogP contribution in [0.5, 0.6) is 0 Å². The number of hydrogen-bond acceptors (Lipinski definition) is 2. The van der Waals surface area contributed by atoms with Crippen LogP contribution in [0.25, 0.3) is 0 Å². The fourth-order valence-corrected chi connectivity index (χ4v) is 2.24. The molecule has 0 aromatic carbocycles. The quantitative estimate of drug-likeness (QED) is 0.681. The zero-order valence-electron chi connectivity index (χ0n) is 8.97. The lowest BCUT2D eigenvalue weighted by Crippen LogP contribution is -2.43. The highest BCUT2D eigenvalue weighted by Gasteiger charge is 2.58. The SMILES string of the molecule is CC1(C)C[C@](C)(C(=O)O)C(C)(C)O1. The maximum atomic E-state index is 11.1. The zero-order chi connectivity index (χ0) is 10.5. The first-order valence-corrected chi connectivity index (χ1v) is 4.54. The average molecular weight is 186 g/mol. The van der Waals surface area contributed by atoms with E-state index in [1.54, 1.807) is 6.92 Å². The summed E-state index contributed by atoms with van der Waals surface area (Å²) in [5.74, 6) is -0.775. The minimum absolute atomic E-state index is 0.337. The molecule has 13 heavy (non-hydrogen) atoms. The van der Waals surface area contributed by atoms with Gasteiger partial charge in [0.25, 0.3) is 0 Å². The van der Waals surface area contributed by atoms with Crippen molar-refractivity contribution in [1.82, 2.24) is 0 Å². The molecule has 0 aromatic heterocycles. The van der Waals surface area contributed by atoms with E-state index in [1.165, 1.54) is 0 Å². The fourth-order valence-electron chi connectivity index (χ4n) is 2.24. The highest BCUT2D eigenvalue weighted by atomic mass is 16.5. The Balaban J connectivity index is 3.07. The van der Waals surface area contributed by atoms with Crippen LogP contribution >= 0.6 is 0 Å². The Morgan fingerprint density at radius 2 is 1.69 bits per heavy atom. The summed E-state index contributed by atoms with van der Waals surface area (Å²) < 4.78 is 5.73. The van der Waals surface area contributed by atoms with Crippen molar-refractivity contribution in [3.8, 4) is 0 Å². The van der Waals surface area contributed by atoms with Gasteiger partial charge in [0.05, 0.1) is 16.6 Å². The molecule has 0 radical (unpaired) electrons. The molecule has 1 fully saturated rings. The topological polar surface area (TPSA) is 46.5 Å². The molecule has 1 rings (SSSR count). The number of ether oxygens (including phenoxy) is 1. The van der Waals surface area contributed by atoms with Crippen LogP contribution in [0, 0.1) is 5.41 Å². The van der Waals surface area contributed by atoms with Gasteiger partial charge in [0.15, 0.2) is 0 Å². The minimum Gasteiger partial charge on any atom is -0.481 e. The molecule has 76 valence electrons. The van der Waals surface area contributed by atoms with Crippen molar-refractivity contribution in [3.05, 3.63) is 0 Å². The number of carbonyl (C=O) groups is 1. The van der Waals surface area contributed by atoms with Gasteiger partial charge < -0.3 is 9.84 Å². The number of carboxylic acid groups (broad SMARTS) is 1. The smallest absolute Gasteiger partial charge is 0.312 e. The minimum atomic E-state index is -0.781. The Labute approximate surface area is 79.1 Å². The van der Waals surface area contributed by atoms with Crippen LogP contribution in [-0.2, 0) is 9.53 Å². The van der Waals surface area contributed by atoms with Gasteiger partial charge in [-0.2, -0.15) is 0 Å². The van der Waals surface area contributed by atoms with Gasteiger partial charge in [0.2, 0.25) is 0 Å². The zero-order valence-corrected chi connectivity index (χ0v) is 8.97. The van der Waals surface area contributed by atoms with E-state index in [2.05, 4.69) is 0 Å². The lowest BCUT2D eigenvalue weighted by Gasteiger charge is -2.32. The molecule has 0 saturated carbocycles. The molecule has 1 aliphatic rings. The third kappa shape index (κ3) is 1.46. The van der Waals surface area contributed by atoms with Crippen molar-refractivity contribution in [2.24, 2.45) is 5.41 Å². The first-order chi connectivity index (χ1) is 5.61. The summed E-state index contributed by atoms with van der Waals surface area (Å²) in [6.07, 6.45) is 0.558. The third-order valence-corrected chi connectivity index (χ3v) is 3.11. The van der Waals surface area contributed by atoms with E-state index in [0.29, 0.717) is 6.42 Å². The van der Waals surface area contributed by atoms with Gasteiger partial charge >= 0.3 is 5.97 Å². The highest BCUT2D eigenvalue weighted by Crippen LogP contribution is 2.50. The molecule has 3 nitrogen and oxygen atoms in total. The summed E-state index contributed by atoms with van der Waals surface area (Å²) >= 11 is 0. The Morgan fingerprint density at radius 1 is 1.23 bits per heavy atom. The normalized spacial score (nSPS) is 36.1. The van der Waals surface area contributed by atoms with Crippen molar-refractivity contribution in [1.29, 1.82) is 0 Å². The molecule has 1 saturated heterocycles. The second-order valence-corrected chi connectivity index (χ2v) is 5.19. The molecule has 0 bridgehead atoms. The molecule has 0 unspecified atom stereocenters. The number of rotatable bonds is 1. The third-order valence-electron chi connectivity index (χ3n) is 3.11. The Bertz CT molecular complexity index is 243. The van der Waals surface area contributed by atoms with Crippen molar-refractivity contribution in [2.75, 3.05) is 0 Å². The summed E-state index contributed by atoms with van der Waals surface area (Å²) in [6.45, 7) is 9.31. The number of carboxylic acids is 1. The molecular formula is C10H18O3. The molecule has 1 atom stereocenters. The molecule has 3 heteroatoms. The Hall–Kier alpha value is -0.570. The lowest BCUT2D eigenvalue weighted by molar-refractivity contribution is -0.158. The molecule has 0 spiro atoms. The van der Waals surface area contributed by atoms with Crippen molar-refractivity contribution >= 4 is 5.97 Å². The van der Waals surface area contributed by atoms with Crippen LogP contribution in [0.4, 0.5) is 0 Å². The van der Waals surface area contributed by atoms with E-state index in [4.69, 9.17) is 9.84 Å². The highest BCUT2D eigenvalue weighted by molar-refractivity contribution is 5.76. The molecule has 0 amide bonds. The number of hydrogen-bond donors (Lipinski definition) is 1. The summed E-state index contributed by atoms with van der Waals surface area (Å²) in [5.41, 5.74) is -1.71. The van der Waals surface area contributed by atoms with Crippen LogP contribution in [0.1, 0.15) is 41.0 Å². The van der Waals surface area contributed by atoms with Crippen molar-refractivity contribution < 1.29 is 14.6 Å². The van der Waals surface area contributed by atoms with Gasteiger partial charge in [0, 0.05) is 0 Å². The molecule has 1 N–H and O–H groups in total. The summed E-state index contributed by atoms with van der Waals surface area (Å²) in [7, 11) is 0. The molecule has 0 aliphatic carbocycles. The maximum absolute atomic E-state index is 11.1. The Kier molecular flexibility index (Phi) is 2.00. The predicted octanol–water partition coefficient (Wildman–Crippen LogP) is 2.05. The fraction of sp³-hybridized carbons (Fsp3) is 0.900. The second kappa shape index (κ2) is 2.47. The van der Waals surface area contributed by atoms with Crippen molar-refractivity contribution in [2.45, 2.75) is 52.2 Å². The van der Waals surface area contributed by atoms with Gasteiger partial charge in [-0.3, -0.25) is 4.79 Å². The number of aliphatic carboxylic acids is 1. The van der Waals surface area contributed by atoms with Gasteiger partial charge in [-0.05, 0) is 41.0 Å². The lowest BCUT2D eigenvalue weighted by atomic mass is 9.73. The van der Waals surface area contributed by atoms with Gasteiger partial charge in [-0.1, -0.05) is 0 Å². The van der Waals surface area contributed by atoms with Gasteiger partial charge in [-0.25, -0.2) is 0 Å². The van der Waals surface area contributed by atoms with Crippen LogP contribution in [0.3, 0.4) is 0 Å². The molecule has 1 aliphatic heterocycles. The molecule has 1 heterocycles. The second-order valence-electron chi connectivity index (χ2n) is 5.19. The predicted molar refractivity (Wildman–Crippen MR) is 49.6 cm³/mol. The largest absolute Gasteiger partial charge is 0.481 e. The van der Waals surface area contributed by atoms with Crippen LogP contribution in [-0.4, -0.2) is 22.3 Å². The van der Waals surface area contributed by atoms with E-state index in [9.17, 15) is 4.79 Å². The van der Waals surface area contributed by atoms with E-state index in [0.717, 1.165) is 0 Å². The first kappa shape index (κ1) is 10.5. The van der Waals surface area contributed by atoms with Gasteiger partial charge in [-0.15, -0.1) is 0 Å². The van der Waals surface area contributed by atoms with E-state index < -0.39 is 17.0 Å². The Morgan fingerprint density at radius 3 is 1.85 bits per heavy atom. The summed E-state index contributed by atoms with van der Waals surface area (Å²) in [6, 6.07) is 0. The molecule has 0 aromatic rings. The molecular weight excluding hydrogens is 168 g/mol. The average Bonchev–Trinajstić information content (AvgIpc) is 1.97.